The van der Waals surface area contributed by atoms with Crippen molar-refractivity contribution in [3.63, 3.8) is 0 Å². The van der Waals surface area contributed by atoms with Crippen molar-refractivity contribution in [1.82, 2.24) is 0 Å². The van der Waals surface area contributed by atoms with E-state index < -0.39 is 34.4 Å². The zero-order valence-corrected chi connectivity index (χ0v) is 24.9. The predicted molar refractivity (Wildman–Crippen MR) is 164 cm³/mol. The lowest BCUT2D eigenvalue weighted by molar-refractivity contribution is 0.00380. The lowest BCUT2D eigenvalue weighted by Gasteiger charge is -2.32. The Kier molecular flexibility index (Phi) is 7.92. The van der Waals surface area contributed by atoms with Crippen LogP contribution in [0.5, 0.6) is 17.2 Å². The standard InChI is InChI=1S/C33H35BO6S/c1-24-12-22-30(23-13-24)41(6,35)38-29-20-18-28(19-21-29)37-31(25-10-8-7-9-11-25)36-27-16-14-26(15-17-27)34-39-32(2,3)33(4,5)40-34/h7-23,31H,6H2,1-5H3. The van der Waals surface area contributed by atoms with Crippen molar-refractivity contribution < 1.29 is 27.2 Å². The van der Waals surface area contributed by atoms with Gasteiger partial charge in [0, 0.05) is 5.56 Å². The van der Waals surface area contributed by atoms with Crippen molar-refractivity contribution in [2.75, 3.05) is 0 Å². The molecule has 1 saturated heterocycles. The first-order chi connectivity index (χ1) is 19.4. The first-order valence-electron chi connectivity index (χ1n) is 13.5. The van der Waals surface area contributed by atoms with Crippen LogP contribution in [0.1, 0.15) is 45.1 Å². The van der Waals surface area contributed by atoms with Crippen LogP contribution in [-0.2, 0) is 19.1 Å². The van der Waals surface area contributed by atoms with Crippen molar-refractivity contribution in [3.8, 4) is 17.2 Å². The smallest absolute Gasteiger partial charge is 0.451 e. The van der Waals surface area contributed by atoms with Gasteiger partial charge in [-0.15, -0.1) is 0 Å². The molecule has 6 nitrogen and oxygen atoms in total. The van der Waals surface area contributed by atoms with Gasteiger partial charge in [0.2, 0.25) is 0 Å². The summed E-state index contributed by atoms with van der Waals surface area (Å²) in [5.74, 6) is 5.43. The minimum absolute atomic E-state index is 0.412. The Morgan fingerprint density at radius 2 is 1.20 bits per heavy atom. The van der Waals surface area contributed by atoms with Gasteiger partial charge in [-0.05, 0) is 94.5 Å². The molecule has 0 amide bonds. The summed E-state index contributed by atoms with van der Waals surface area (Å²) < 4.78 is 43.7. The molecule has 0 saturated carbocycles. The molecule has 0 aromatic heterocycles. The monoisotopic (exact) mass is 570 g/mol. The SMILES string of the molecule is C=S(=O)(Oc1ccc(OC(Oc2ccc(B3OC(C)(C)C(C)(C)O3)cc2)c2ccccc2)cc1)c1ccc(C)cc1. The van der Waals surface area contributed by atoms with Gasteiger partial charge >= 0.3 is 7.12 Å². The van der Waals surface area contributed by atoms with Gasteiger partial charge in [-0.1, -0.05) is 60.2 Å². The van der Waals surface area contributed by atoms with Gasteiger partial charge in [0.1, 0.15) is 27.1 Å². The molecule has 4 aromatic carbocycles. The molecule has 2 unspecified atom stereocenters. The number of benzene rings is 4. The molecule has 1 heterocycles. The number of hydrogen-bond donors (Lipinski definition) is 0. The van der Waals surface area contributed by atoms with Crippen LogP contribution in [0.15, 0.2) is 108 Å². The first-order valence-corrected chi connectivity index (χ1v) is 15.1. The Morgan fingerprint density at radius 3 is 1.73 bits per heavy atom. The summed E-state index contributed by atoms with van der Waals surface area (Å²) in [6.07, 6.45) is -0.713. The Bertz CT molecular complexity index is 1550. The van der Waals surface area contributed by atoms with E-state index in [1.165, 1.54) is 0 Å². The zero-order valence-electron chi connectivity index (χ0n) is 24.0. The number of aryl methyl sites for hydroxylation is 1. The molecule has 0 N–H and O–H groups in total. The summed E-state index contributed by atoms with van der Waals surface area (Å²) in [5, 5.41) is 0. The highest BCUT2D eigenvalue weighted by Gasteiger charge is 2.51. The Morgan fingerprint density at radius 1 is 0.707 bits per heavy atom. The van der Waals surface area contributed by atoms with Crippen LogP contribution < -0.4 is 19.1 Å². The van der Waals surface area contributed by atoms with Gasteiger partial charge in [0.15, 0.2) is 0 Å². The molecule has 0 bridgehead atoms. The summed E-state index contributed by atoms with van der Waals surface area (Å²) >= 11 is 0. The van der Waals surface area contributed by atoms with Gasteiger partial charge in [-0.2, -0.15) is 0 Å². The molecule has 212 valence electrons. The largest absolute Gasteiger partial charge is 0.494 e. The fraction of sp³-hybridized carbons (Fsp3) is 0.242. The molecular formula is C33H35BO6S. The second-order valence-corrected chi connectivity index (χ2v) is 13.0. The quantitative estimate of drug-likeness (QED) is 0.130. The summed E-state index contributed by atoms with van der Waals surface area (Å²) in [6.45, 7) is 10.1. The molecule has 1 aliphatic heterocycles. The lowest BCUT2D eigenvalue weighted by atomic mass is 9.79. The fourth-order valence-electron chi connectivity index (χ4n) is 4.22. The van der Waals surface area contributed by atoms with Crippen LogP contribution in [-0.4, -0.2) is 28.4 Å². The van der Waals surface area contributed by atoms with Gasteiger partial charge in [-0.3, -0.25) is 0 Å². The predicted octanol–water partition coefficient (Wildman–Crippen LogP) is 6.52. The highest BCUT2D eigenvalue weighted by molar-refractivity contribution is 7.96. The van der Waals surface area contributed by atoms with Gasteiger partial charge in [0.05, 0.1) is 16.1 Å². The second-order valence-electron chi connectivity index (χ2n) is 11.1. The number of hydrogen-bond acceptors (Lipinski definition) is 6. The first kappa shape index (κ1) is 28.8. The van der Waals surface area contributed by atoms with E-state index in [0.29, 0.717) is 22.1 Å². The van der Waals surface area contributed by atoms with Crippen LogP contribution >= 0.6 is 0 Å². The summed E-state index contributed by atoms with van der Waals surface area (Å²) in [5.41, 5.74) is 2.01. The summed E-state index contributed by atoms with van der Waals surface area (Å²) in [4.78, 5) is 0.533. The third-order valence-electron chi connectivity index (χ3n) is 7.40. The van der Waals surface area contributed by atoms with Crippen molar-refractivity contribution in [3.05, 3.63) is 114 Å². The second kappa shape index (κ2) is 11.3. The molecule has 2 atom stereocenters. The Labute approximate surface area is 243 Å². The van der Waals surface area contributed by atoms with Crippen LogP contribution in [0.25, 0.3) is 0 Å². The lowest BCUT2D eigenvalue weighted by Crippen LogP contribution is -2.41. The number of rotatable bonds is 9. The van der Waals surface area contributed by atoms with E-state index in [4.69, 9.17) is 23.0 Å². The van der Waals surface area contributed by atoms with Crippen molar-refractivity contribution in [1.29, 1.82) is 0 Å². The zero-order chi connectivity index (χ0) is 29.3. The third kappa shape index (κ3) is 6.62. The van der Waals surface area contributed by atoms with Crippen LogP contribution in [0, 0.1) is 6.92 Å². The molecule has 1 aliphatic rings. The maximum absolute atomic E-state index is 13.1. The molecule has 8 heteroatoms. The van der Waals surface area contributed by atoms with Gasteiger partial charge in [0.25, 0.3) is 6.29 Å². The maximum atomic E-state index is 13.1. The van der Waals surface area contributed by atoms with Crippen molar-refractivity contribution >= 4 is 28.3 Å². The number of ether oxygens (including phenoxy) is 2. The maximum Gasteiger partial charge on any atom is 0.494 e. The van der Waals surface area contributed by atoms with E-state index in [1.54, 1.807) is 36.4 Å². The average molecular weight is 571 g/mol. The average Bonchev–Trinajstić information content (AvgIpc) is 3.16. The normalized spacial score (nSPS) is 17.8. The molecule has 1 fully saturated rings. The van der Waals surface area contributed by atoms with Gasteiger partial charge < -0.3 is 23.0 Å². The molecular weight excluding hydrogens is 535 g/mol. The minimum atomic E-state index is -2.96. The fourth-order valence-corrected chi connectivity index (χ4v) is 5.29. The van der Waals surface area contributed by atoms with E-state index in [9.17, 15) is 4.21 Å². The van der Waals surface area contributed by atoms with Crippen LogP contribution in [0.3, 0.4) is 0 Å². The summed E-state index contributed by atoms with van der Waals surface area (Å²) in [6, 6.07) is 31.6. The van der Waals surface area contributed by atoms with Gasteiger partial charge in [-0.25, -0.2) is 4.21 Å². The minimum Gasteiger partial charge on any atom is -0.451 e. The van der Waals surface area contributed by atoms with E-state index in [1.807, 2.05) is 101 Å². The molecule has 0 aliphatic carbocycles. The summed E-state index contributed by atoms with van der Waals surface area (Å²) in [7, 11) is -3.40. The molecule has 0 spiro atoms. The Balaban J connectivity index is 1.29. The van der Waals surface area contributed by atoms with Crippen LogP contribution in [0.4, 0.5) is 0 Å². The highest BCUT2D eigenvalue weighted by Crippen LogP contribution is 2.36. The van der Waals surface area contributed by atoms with E-state index >= 15 is 0 Å². The molecule has 0 radical (unpaired) electrons. The molecule has 41 heavy (non-hydrogen) atoms. The van der Waals surface area contributed by atoms with Crippen molar-refractivity contribution in [2.24, 2.45) is 0 Å². The van der Waals surface area contributed by atoms with Crippen molar-refractivity contribution in [2.45, 2.75) is 57.0 Å². The van der Waals surface area contributed by atoms with E-state index in [0.717, 1.165) is 16.6 Å². The Hall–Kier alpha value is -3.72. The van der Waals surface area contributed by atoms with Crippen LogP contribution in [0.2, 0.25) is 0 Å². The molecule has 5 rings (SSSR count). The van der Waals surface area contributed by atoms with E-state index in [2.05, 4.69) is 5.87 Å². The topological polar surface area (TPSA) is 63.2 Å². The molecule has 4 aromatic rings. The van der Waals surface area contributed by atoms with E-state index in [-0.39, 0.29) is 0 Å². The third-order valence-corrected chi connectivity index (χ3v) is 8.85. The highest BCUT2D eigenvalue weighted by atomic mass is 32.2.